The fraction of sp³-hybridized carbons (Fsp3) is 0.714. The summed E-state index contributed by atoms with van der Waals surface area (Å²) in [5.41, 5.74) is -0.326. The van der Waals surface area contributed by atoms with Crippen molar-refractivity contribution in [3.8, 4) is 0 Å². The van der Waals surface area contributed by atoms with Crippen LogP contribution < -0.4 is 10.6 Å². The summed E-state index contributed by atoms with van der Waals surface area (Å²) in [6, 6.07) is 0. The van der Waals surface area contributed by atoms with Crippen molar-refractivity contribution in [3.63, 3.8) is 0 Å². The first-order valence-electron chi connectivity index (χ1n) is 3.64. The molecular weight excluding hydrogens is 140 g/mol. The maximum atomic E-state index is 4.29. The van der Waals surface area contributed by atoms with Crippen molar-refractivity contribution in [2.24, 2.45) is 9.98 Å². The third-order valence-electron chi connectivity index (χ3n) is 1.36. The van der Waals surface area contributed by atoms with Gasteiger partial charge in [0.25, 0.3) is 0 Å². The van der Waals surface area contributed by atoms with E-state index >= 15 is 0 Å². The number of aliphatic imine (C=N–C) groups is 2. The molecule has 0 atom stereocenters. The van der Waals surface area contributed by atoms with Crippen LogP contribution in [0.3, 0.4) is 0 Å². The largest absolute Gasteiger partial charge is 0.359 e. The van der Waals surface area contributed by atoms with E-state index in [2.05, 4.69) is 20.6 Å². The van der Waals surface area contributed by atoms with Crippen LogP contribution in [-0.2, 0) is 0 Å². The van der Waals surface area contributed by atoms with E-state index in [0.717, 1.165) is 11.8 Å². The van der Waals surface area contributed by atoms with Crippen LogP contribution in [0.5, 0.6) is 0 Å². The van der Waals surface area contributed by atoms with Crippen molar-refractivity contribution in [3.05, 3.63) is 0 Å². The van der Waals surface area contributed by atoms with Gasteiger partial charge in [0.2, 0.25) is 0 Å². The van der Waals surface area contributed by atoms with E-state index in [9.17, 15) is 0 Å². The van der Waals surface area contributed by atoms with Gasteiger partial charge in [-0.25, -0.2) is 9.98 Å². The third-order valence-corrected chi connectivity index (χ3v) is 1.36. The van der Waals surface area contributed by atoms with Crippen molar-refractivity contribution in [1.29, 1.82) is 0 Å². The lowest BCUT2D eigenvalue weighted by Gasteiger charge is -2.23. The van der Waals surface area contributed by atoms with E-state index in [1.165, 1.54) is 0 Å². The molecule has 0 radical (unpaired) electrons. The Morgan fingerprint density at radius 3 is 2.45 bits per heavy atom. The SMILES string of the molecule is CNC1=NC(C)(C)N=C(C)N1. The van der Waals surface area contributed by atoms with Crippen molar-refractivity contribution >= 4 is 11.8 Å². The Bertz CT molecular complexity index is 214. The summed E-state index contributed by atoms with van der Waals surface area (Å²) in [6.45, 7) is 5.86. The summed E-state index contributed by atoms with van der Waals surface area (Å²) < 4.78 is 0. The van der Waals surface area contributed by atoms with Gasteiger partial charge in [-0.05, 0) is 20.8 Å². The van der Waals surface area contributed by atoms with Crippen LogP contribution in [0.25, 0.3) is 0 Å². The topological polar surface area (TPSA) is 48.8 Å². The molecule has 0 saturated carbocycles. The zero-order valence-corrected chi connectivity index (χ0v) is 7.39. The number of nitrogens with zero attached hydrogens (tertiary/aromatic N) is 2. The summed E-state index contributed by atoms with van der Waals surface area (Å²) in [6.07, 6.45) is 0. The van der Waals surface area contributed by atoms with Gasteiger partial charge in [0.1, 0.15) is 11.5 Å². The molecule has 0 amide bonds. The van der Waals surface area contributed by atoms with Crippen LogP contribution in [-0.4, -0.2) is 24.5 Å². The molecule has 0 fully saturated rings. The monoisotopic (exact) mass is 154 g/mol. The molecule has 0 saturated heterocycles. The lowest BCUT2D eigenvalue weighted by molar-refractivity contribution is 0.538. The Kier molecular flexibility index (Phi) is 1.85. The standard InChI is InChI=1S/C7H14N4/c1-5-9-6(8-4)11-7(2,3)10-5/h1-4H3,(H2,8,9,10,11). The number of hydrogen-bond acceptors (Lipinski definition) is 4. The number of nitrogens with one attached hydrogen (secondary N) is 2. The Labute approximate surface area is 66.8 Å². The minimum absolute atomic E-state index is 0.326. The van der Waals surface area contributed by atoms with E-state index in [1.54, 1.807) is 0 Å². The van der Waals surface area contributed by atoms with Crippen molar-refractivity contribution in [1.82, 2.24) is 10.6 Å². The summed E-state index contributed by atoms with van der Waals surface area (Å²) in [4.78, 5) is 8.58. The van der Waals surface area contributed by atoms with E-state index in [4.69, 9.17) is 0 Å². The molecule has 1 rings (SSSR count). The number of hydrogen-bond donors (Lipinski definition) is 2. The molecule has 0 aliphatic carbocycles. The molecule has 62 valence electrons. The van der Waals surface area contributed by atoms with Gasteiger partial charge in [0.15, 0.2) is 5.96 Å². The van der Waals surface area contributed by atoms with Crippen molar-refractivity contribution < 1.29 is 0 Å². The fourth-order valence-corrected chi connectivity index (χ4v) is 1.05. The van der Waals surface area contributed by atoms with Gasteiger partial charge in [-0.1, -0.05) is 0 Å². The van der Waals surface area contributed by atoms with Gasteiger partial charge in [0.05, 0.1) is 0 Å². The average Bonchev–Trinajstić information content (AvgIpc) is 1.83. The van der Waals surface area contributed by atoms with Crippen LogP contribution in [0.4, 0.5) is 0 Å². The highest BCUT2D eigenvalue weighted by Crippen LogP contribution is 2.12. The van der Waals surface area contributed by atoms with Crippen LogP contribution in [0.1, 0.15) is 20.8 Å². The smallest absolute Gasteiger partial charge is 0.198 e. The first-order chi connectivity index (χ1) is 5.03. The highest BCUT2D eigenvalue weighted by molar-refractivity contribution is 6.00. The molecule has 1 aliphatic rings. The highest BCUT2D eigenvalue weighted by Gasteiger charge is 2.19. The Morgan fingerprint density at radius 2 is 2.00 bits per heavy atom. The molecule has 0 aromatic rings. The Morgan fingerprint density at radius 1 is 1.36 bits per heavy atom. The van der Waals surface area contributed by atoms with Gasteiger partial charge in [-0.3, -0.25) is 0 Å². The predicted octanol–water partition coefficient (Wildman–Crippen LogP) is 0.319. The maximum Gasteiger partial charge on any atom is 0.198 e. The predicted molar refractivity (Wildman–Crippen MR) is 46.8 cm³/mol. The number of rotatable bonds is 0. The zero-order chi connectivity index (χ0) is 8.48. The summed E-state index contributed by atoms with van der Waals surface area (Å²) in [5.74, 6) is 1.68. The molecule has 4 nitrogen and oxygen atoms in total. The summed E-state index contributed by atoms with van der Waals surface area (Å²) in [7, 11) is 1.83. The quantitative estimate of drug-likeness (QED) is 0.528. The third kappa shape index (κ3) is 1.93. The molecule has 0 aromatic carbocycles. The second kappa shape index (κ2) is 2.53. The second-order valence-electron chi connectivity index (χ2n) is 3.03. The van der Waals surface area contributed by atoms with Gasteiger partial charge in [0, 0.05) is 7.05 Å². The zero-order valence-electron chi connectivity index (χ0n) is 7.39. The van der Waals surface area contributed by atoms with Gasteiger partial charge >= 0.3 is 0 Å². The van der Waals surface area contributed by atoms with Crippen LogP contribution in [0.15, 0.2) is 9.98 Å². The number of guanidine groups is 1. The normalized spacial score (nSPS) is 21.5. The minimum Gasteiger partial charge on any atom is -0.359 e. The first-order valence-corrected chi connectivity index (χ1v) is 3.64. The molecule has 11 heavy (non-hydrogen) atoms. The second-order valence-corrected chi connectivity index (χ2v) is 3.03. The summed E-state index contributed by atoms with van der Waals surface area (Å²) in [5, 5.41) is 5.96. The fourth-order valence-electron chi connectivity index (χ4n) is 1.05. The highest BCUT2D eigenvalue weighted by atomic mass is 15.3. The lowest BCUT2D eigenvalue weighted by atomic mass is 10.2. The lowest BCUT2D eigenvalue weighted by Crippen LogP contribution is -2.44. The Balaban J connectivity index is 2.84. The molecule has 0 unspecified atom stereocenters. The average molecular weight is 154 g/mol. The van der Waals surface area contributed by atoms with E-state index in [0.29, 0.717) is 0 Å². The van der Waals surface area contributed by atoms with Gasteiger partial charge in [-0.15, -0.1) is 0 Å². The minimum atomic E-state index is -0.326. The molecule has 2 N–H and O–H groups in total. The summed E-state index contributed by atoms with van der Waals surface area (Å²) >= 11 is 0. The van der Waals surface area contributed by atoms with Crippen LogP contribution in [0, 0.1) is 0 Å². The molecule has 1 aliphatic heterocycles. The molecule has 0 aromatic heterocycles. The van der Waals surface area contributed by atoms with E-state index in [-0.39, 0.29) is 5.66 Å². The van der Waals surface area contributed by atoms with E-state index in [1.807, 2.05) is 27.8 Å². The maximum absolute atomic E-state index is 4.29. The molecule has 0 spiro atoms. The van der Waals surface area contributed by atoms with Crippen molar-refractivity contribution in [2.75, 3.05) is 7.05 Å². The van der Waals surface area contributed by atoms with Crippen LogP contribution >= 0.6 is 0 Å². The van der Waals surface area contributed by atoms with Crippen LogP contribution in [0.2, 0.25) is 0 Å². The van der Waals surface area contributed by atoms with Crippen molar-refractivity contribution in [2.45, 2.75) is 26.4 Å². The molecule has 0 bridgehead atoms. The van der Waals surface area contributed by atoms with Gasteiger partial charge in [-0.2, -0.15) is 0 Å². The molecular formula is C7H14N4. The Hall–Kier alpha value is -1.06. The molecule has 1 heterocycles. The molecule has 4 heteroatoms. The first kappa shape index (κ1) is 8.04. The van der Waals surface area contributed by atoms with Gasteiger partial charge < -0.3 is 10.6 Å². The number of amidine groups is 1. The van der Waals surface area contributed by atoms with E-state index < -0.39 is 0 Å².